The van der Waals surface area contributed by atoms with E-state index in [0.717, 1.165) is 37.7 Å². The number of rotatable bonds is 3. The lowest BCUT2D eigenvalue weighted by Gasteiger charge is -2.65. The summed E-state index contributed by atoms with van der Waals surface area (Å²) in [4.78, 5) is 15.7. The Hall–Kier alpha value is -1.39. The van der Waals surface area contributed by atoms with E-state index in [1.54, 1.807) is 0 Å². The van der Waals surface area contributed by atoms with E-state index in [2.05, 4.69) is 6.92 Å². The molecular formula is C24H33NO3. The number of piperidine rings is 1. The molecule has 28 heavy (non-hydrogen) atoms. The molecule has 5 fully saturated rings. The van der Waals surface area contributed by atoms with Crippen molar-refractivity contribution in [1.82, 2.24) is 4.90 Å². The van der Waals surface area contributed by atoms with Crippen LogP contribution in [0, 0.1) is 16.7 Å². The molecular weight excluding hydrogens is 350 g/mol. The molecule has 152 valence electrons. The first-order chi connectivity index (χ1) is 13.3. The van der Waals surface area contributed by atoms with Crippen LogP contribution >= 0.6 is 0 Å². The quantitative estimate of drug-likeness (QED) is 0.838. The van der Waals surface area contributed by atoms with Crippen LogP contribution in [0.1, 0.15) is 70.3 Å². The molecule has 1 aliphatic heterocycles. The van der Waals surface area contributed by atoms with Crippen LogP contribution < -0.4 is 0 Å². The predicted octanol–water partition coefficient (Wildman–Crippen LogP) is 3.61. The molecule has 4 saturated carbocycles. The first-order valence-corrected chi connectivity index (χ1v) is 11.1. The topological polar surface area (TPSA) is 60.8 Å². The first-order valence-electron chi connectivity index (χ1n) is 11.1. The van der Waals surface area contributed by atoms with Gasteiger partial charge < -0.3 is 15.1 Å². The molecule has 1 heterocycles. The summed E-state index contributed by atoms with van der Waals surface area (Å²) in [5, 5.41) is 22.4. The summed E-state index contributed by atoms with van der Waals surface area (Å²) in [6.07, 6.45) is 7.76. The number of hydrogen-bond donors (Lipinski definition) is 2. The van der Waals surface area contributed by atoms with Gasteiger partial charge in [-0.1, -0.05) is 43.7 Å². The smallest absolute Gasteiger partial charge is 0.228 e. The van der Waals surface area contributed by atoms with Gasteiger partial charge >= 0.3 is 0 Å². The molecule has 4 heteroatoms. The Morgan fingerprint density at radius 2 is 1.75 bits per heavy atom. The molecule has 2 N–H and O–H groups in total. The van der Waals surface area contributed by atoms with Crippen molar-refractivity contribution < 1.29 is 15.0 Å². The molecule has 4 aliphatic carbocycles. The highest BCUT2D eigenvalue weighted by atomic mass is 16.3. The van der Waals surface area contributed by atoms with Crippen molar-refractivity contribution >= 4 is 5.91 Å². The second kappa shape index (κ2) is 6.06. The maximum Gasteiger partial charge on any atom is 0.228 e. The molecule has 4 nitrogen and oxygen atoms in total. The van der Waals surface area contributed by atoms with Crippen LogP contribution in [0.3, 0.4) is 0 Å². The van der Waals surface area contributed by atoms with Gasteiger partial charge in [0.1, 0.15) is 0 Å². The Morgan fingerprint density at radius 3 is 2.39 bits per heavy atom. The molecule has 1 aromatic carbocycles. The largest absolute Gasteiger partial charge is 0.390 e. The fraction of sp³-hybridized carbons (Fsp3) is 0.708. The Kier molecular flexibility index (Phi) is 4.03. The zero-order chi connectivity index (χ0) is 19.6. The summed E-state index contributed by atoms with van der Waals surface area (Å²) < 4.78 is 0. The van der Waals surface area contributed by atoms with Crippen LogP contribution in [0.5, 0.6) is 0 Å². The van der Waals surface area contributed by atoms with Crippen LogP contribution in [0.4, 0.5) is 0 Å². The van der Waals surface area contributed by atoms with Gasteiger partial charge in [0.05, 0.1) is 16.6 Å². The highest BCUT2D eigenvalue weighted by Gasteiger charge is 2.65. The van der Waals surface area contributed by atoms with Gasteiger partial charge in [-0.15, -0.1) is 0 Å². The van der Waals surface area contributed by atoms with Crippen molar-refractivity contribution in [3.05, 3.63) is 35.9 Å². The lowest BCUT2D eigenvalue weighted by molar-refractivity contribution is -0.211. The second-order valence-electron chi connectivity index (χ2n) is 10.6. The molecule has 4 bridgehead atoms. The molecule has 0 spiro atoms. The minimum Gasteiger partial charge on any atom is -0.390 e. The zero-order valence-corrected chi connectivity index (χ0v) is 17.0. The van der Waals surface area contributed by atoms with E-state index in [-0.39, 0.29) is 16.7 Å². The van der Waals surface area contributed by atoms with Gasteiger partial charge in [-0.25, -0.2) is 0 Å². The molecule has 6 rings (SSSR count). The highest BCUT2D eigenvalue weighted by Crippen LogP contribution is 2.68. The number of carbonyl (C=O) groups is 1. The van der Waals surface area contributed by atoms with E-state index >= 15 is 0 Å². The minimum atomic E-state index is -0.831. The van der Waals surface area contributed by atoms with E-state index in [4.69, 9.17) is 0 Å². The summed E-state index contributed by atoms with van der Waals surface area (Å²) in [5.74, 6) is 0.749. The van der Waals surface area contributed by atoms with Gasteiger partial charge in [-0.3, -0.25) is 4.79 Å². The van der Waals surface area contributed by atoms with Gasteiger partial charge in [-0.2, -0.15) is 0 Å². The second-order valence-corrected chi connectivity index (χ2v) is 10.6. The van der Waals surface area contributed by atoms with Crippen LogP contribution in [0.2, 0.25) is 0 Å². The predicted molar refractivity (Wildman–Crippen MR) is 107 cm³/mol. The summed E-state index contributed by atoms with van der Waals surface area (Å²) in [7, 11) is 0. The lowest BCUT2D eigenvalue weighted by atomic mass is 9.42. The molecule has 1 aromatic rings. The SMILES string of the molecule is CCC12CC3CC(O)(C1)CC(C(=O)N1CCC(O)(c4ccccc4)CC1)(C3)C2. The van der Waals surface area contributed by atoms with Gasteiger partial charge in [-0.05, 0) is 68.3 Å². The molecule has 5 aliphatic rings. The van der Waals surface area contributed by atoms with Gasteiger partial charge in [0.2, 0.25) is 5.91 Å². The zero-order valence-electron chi connectivity index (χ0n) is 17.0. The summed E-state index contributed by atoms with van der Waals surface area (Å²) in [5.41, 5.74) is -0.721. The molecule has 4 atom stereocenters. The van der Waals surface area contributed by atoms with Crippen molar-refractivity contribution in [1.29, 1.82) is 0 Å². The van der Waals surface area contributed by atoms with Gasteiger partial charge in [0.25, 0.3) is 0 Å². The average molecular weight is 384 g/mol. The maximum absolute atomic E-state index is 13.7. The number of nitrogens with zero attached hydrogens (tertiary/aromatic N) is 1. The van der Waals surface area contributed by atoms with E-state index in [1.807, 2.05) is 35.2 Å². The van der Waals surface area contributed by atoms with Crippen LogP contribution in [-0.2, 0) is 10.4 Å². The number of aliphatic hydroxyl groups is 2. The summed E-state index contributed by atoms with van der Waals surface area (Å²) >= 11 is 0. The van der Waals surface area contributed by atoms with Crippen molar-refractivity contribution in [3.8, 4) is 0 Å². The molecule has 0 radical (unpaired) electrons. The molecule has 1 amide bonds. The van der Waals surface area contributed by atoms with E-state index in [0.29, 0.717) is 38.3 Å². The third-order valence-electron chi connectivity index (χ3n) is 8.55. The molecule has 0 aromatic heterocycles. The Balaban J connectivity index is 1.35. The fourth-order valence-corrected chi connectivity index (χ4v) is 7.67. The van der Waals surface area contributed by atoms with E-state index in [1.165, 1.54) is 6.42 Å². The van der Waals surface area contributed by atoms with Gasteiger partial charge in [0, 0.05) is 13.1 Å². The third kappa shape index (κ3) is 2.75. The number of carbonyl (C=O) groups excluding carboxylic acids is 1. The summed E-state index contributed by atoms with van der Waals surface area (Å²) in [6.45, 7) is 3.44. The van der Waals surface area contributed by atoms with E-state index < -0.39 is 11.2 Å². The van der Waals surface area contributed by atoms with Crippen LogP contribution in [0.25, 0.3) is 0 Å². The molecule has 1 saturated heterocycles. The Bertz CT molecular complexity index is 771. The third-order valence-corrected chi connectivity index (χ3v) is 8.55. The number of benzene rings is 1. The monoisotopic (exact) mass is 383 g/mol. The van der Waals surface area contributed by atoms with Crippen LogP contribution in [-0.4, -0.2) is 39.7 Å². The van der Waals surface area contributed by atoms with E-state index in [9.17, 15) is 15.0 Å². The lowest BCUT2D eigenvalue weighted by Crippen LogP contribution is -2.64. The Labute approximate surface area is 167 Å². The van der Waals surface area contributed by atoms with Crippen molar-refractivity contribution in [2.45, 2.75) is 75.9 Å². The van der Waals surface area contributed by atoms with Crippen LogP contribution in [0.15, 0.2) is 30.3 Å². The maximum atomic E-state index is 13.7. The van der Waals surface area contributed by atoms with Crippen molar-refractivity contribution in [3.63, 3.8) is 0 Å². The summed E-state index contributed by atoms with van der Waals surface area (Å²) in [6, 6.07) is 9.86. The van der Waals surface area contributed by atoms with Gasteiger partial charge in [0.15, 0.2) is 0 Å². The fourth-order valence-electron chi connectivity index (χ4n) is 7.67. The Morgan fingerprint density at radius 1 is 1.04 bits per heavy atom. The first kappa shape index (κ1) is 18.6. The molecule has 4 unspecified atom stereocenters. The highest BCUT2D eigenvalue weighted by molar-refractivity contribution is 5.84. The van der Waals surface area contributed by atoms with Crippen molar-refractivity contribution in [2.24, 2.45) is 16.7 Å². The average Bonchev–Trinajstić information content (AvgIpc) is 2.67. The standard InChI is InChI=1S/C24H33NO3/c1-2-21-12-18-13-22(15-21,17-23(27,14-18)16-21)20(26)25-10-8-24(28,9-11-25)19-6-4-3-5-7-19/h3-7,18,27-28H,2,8-17H2,1H3. The normalized spacial score (nSPS) is 41.2. The van der Waals surface area contributed by atoms with Crippen molar-refractivity contribution in [2.75, 3.05) is 13.1 Å². The minimum absolute atomic E-state index is 0.157. The number of amides is 1. The number of likely N-dealkylation sites (tertiary alicyclic amines) is 1. The number of hydrogen-bond acceptors (Lipinski definition) is 3.